The van der Waals surface area contributed by atoms with E-state index in [4.69, 9.17) is 0 Å². The Labute approximate surface area is 100 Å². The Kier molecular flexibility index (Phi) is 2.33. The van der Waals surface area contributed by atoms with Gasteiger partial charge in [0.2, 0.25) is 0 Å². The molecule has 0 atom stereocenters. The predicted molar refractivity (Wildman–Crippen MR) is 70.6 cm³/mol. The van der Waals surface area contributed by atoms with Crippen LogP contribution in [0.25, 0.3) is 11.6 Å². The normalized spacial score (nSPS) is 13.4. The van der Waals surface area contributed by atoms with Crippen LogP contribution in [0.3, 0.4) is 0 Å². The molecule has 16 heavy (non-hydrogen) atoms. The molecule has 0 aliphatic carbocycles. The SMILES string of the molecule is CC1=Cc2ccccc2Sc2ccccc21. The molecular formula is C15H12S. The van der Waals surface area contributed by atoms with Gasteiger partial charge in [-0.25, -0.2) is 0 Å². The molecule has 0 unspecified atom stereocenters. The van der Waals surface area contributed by atoms with Crippen LogP contribution in [0.1, 0.15) is 18.1 Å². The Morgan fingerprint density at radius 2 is 1.50 bits per heavy atom. The van der Waals surface area contributed by atoms with Gasteiger partial charge in [-0.15, -0.1) is 0 Å². The standard InChI is InChI=1S/C15H12S/c1-11-10-12-6-2-4-8-14(12)16-15-9-5-3-7-13(11)15/h2-10H,1H3. The third kappa shape index (κ3) is 1.57. The second-order valence-electron chi connectivity index (χ2n) is 3.96. The van der Waals surface area contributed by atoms with Crippen LogP contribution < -0.4 is 0 Å². The monoisotopic (exact) mass is 224 g/mol. The minimum absolute atomic E-state index is 1.32. The van der Waals surface area contributed by atoms with Crippen molar-refractivity contribution in [3.63, 3.8) is 0 Å². The van der Waals surface area contributed by atoms with Crippen molar-refractivity contribution in [1.29, 1.82) is 0 Å². The van der Waals surface area contributed by atoms with Crippen molar-refractivity contribution in [2.24, 2.45) is 0 Å². The number of rotatable bonds is 0. The minimum Gasteiger partial charge on any atom is -0.0888 e. The molecule has 0 amide bonds. The Hall–Kier alpha value is -1.47. The third-order valence-electron chi connectivity index (χ3n) is 2.82. The Balaban J connectivity index is 2.25. The molecule has 0 spiro atoms. The first-order valence-corrected chi connectivity index (χ1v) is 6.21. The molecule has 1 heteroatoms. The quantitative estimate of drug-likeness (QED) is 0.624. The highest BCUT2D eigenvalue weighted by Gasteiger charge is 2.11. The van der Waals surface area contributed by atoms with Gasteiger partial charge >= 0.3 is 0 Å². The molecule has 2 aromatic carbocycles. The van der Waals surface area contributed by atoms with Crippen LogP contribution in [-0.2, 0) is 0 Å². The first-order chi connectivity index (χ1) is 7.84. The average molecular weight is 224 g/mol. The largest absolute Gasteiger partial charge is 0.0888 e. The maximum Gasteiger partial charge on any atom is 0.0197 e. The van der Waals surface area contributed by atoms with Crippen molar-refractivity contribution >= 4 is 23.4 Å². The molecular weight excluding hydrogens is 212 g/mol. The lowest BCUT2D eigenvalue weighted by Gasteiger charge is -2.05. The minimum atomic E-state index is 1.32. The Morgan fingerprint density at radius 3 is 2.38 bits per heavy atom. The van der Waals surface area contributed by atoms with Gasteiger partial charge in [0.15, 0.2) is 0 Å². The highest BCUT2D eigenvalue weighted by molar-refractivity contribution is 7.99. The molecule has 1 aliphatic heterocycles. The average Bonchev–Trinajstić information content (AvgIpc) is 2.45. The van der Waals surface area contributed by atoms with E-state index in [9.17, 15) is 0 Å². The van der Waals surface area contributed by atoms with E-state index >= 15 is 0 Å². The maximum atomic E-state index is 2.27. The van der Waals surface area contributed by atoms with Gasteiger partial charge in [0.05, 0.1) is 0 Å². The van der Waals surface area contributed by atoms with Crippen LogP contribution in [-0.4, -0.2) is 0 Å². The first-order valence-electron chi connectivity index (χ1n) is 5.39. The molecule has 1 heterocycles. The highest BCUT2D eigenvalue weighted by atomic mass is 32.2. The molecule has 1 aliphatic rings. The van der Waals surface area contributed by atoms with Crippen LogP contribution in [0, 0.1) is 0 Å². The summed E-state index contributed by atoms with van der Waals surface area (Å²) in [6.07, 6.45) is 2.27. The van der Waals surface area contributed by atoms with Crippen molar-refractivity contribution < 1.29 is 0 Å². The van der Waals surface area contributed by atoms with E-state index in [1.54, 1.807) is 0 Å². The van der Waals surface area contributed by atoms with E-state index in [1.165, 1.54) is 26.5 Å². The second kappa shape index (κ2) is 3.84. The summed E-state index contributed by atoms with van der Waals surface area (Å²) >= 11 is 1.85. The molecule has 0 aromatic heterocycles. The van der Waals surface area contributed by atoms with E-state index < -0.39 is 0 Å². The molecule has 0 nitrogen and oxygen atoms in total. The topological polar surface area (TPSA) is 0 Å². The molecule has 78 valence electrons. The van der Waals surface area contributed by atoms with Gasteiger partial charge in [-0.1, -0.05) is 54.2 Å². The predicted octanol–water partition coefficient (Wildman–Crippen LogP) is 4.71. The number of hydrogen-bond acceptors (Lipinski definition) is 1. The second-order valence-corrected chi connectivity index (χ2v) is 5.05. The highest BCUT2D eigenvalue weighted by Crippen LogP contribution is 2.39. The molecule has 0 saturated heterocycles. The van der Waals surface area contributed by atoms with Crippen molar-refractivity contribution in [2.45, 2.75) is 16.7 Å². The smallest absolute Gasteiger partial charge is 0.0197 e. The zero-order valence-corrected chi connectivity index (χ0v) is 9.92. The zero-order chi connectivity index (χ0) is 11.0. The molecule has 2 aromatic rings. The fourth-order valence-corrected chi connectivity index (χ4v) is 3.12. The summed E-state index contributed by atoms with van der Waals surface area (Å²) in [6.45, 7) is 2.18. The fraction of sp³-hybridized carbons (Fsp3) is 0.0667. The summed E-state index contributed by atoms with van der Waals surface area (Å²) in [5, 5.41) is 0. The van der Waals surface area contributed by atoms with Gasteiger partial charge in [-0.05, 0) is 35.8 Å². The van der Waals surface area contributed by atoms with E-state index in [-0.39, 0.29) is 0 Å². The Morgan fingerprint density at radius 1 is 0.812 bits per heavy atom. The summed E-state index contributed by atoms with van der Waals surface area (Å²) in [7, 11) is 0. The summed E-state index contributed by atoms with van der Waals surface area (Å²) < 4.78 is 0. The van der Waals surface area contributed by atoms with Crippen LogP contribution in [0.5, 0.6) is 0 Å². The number of hydrogen-bond donors (Lipinski definition) is 0. The zero-order valence-electron chi connectivity index (χ0n) is 9.10. The molecule has 0 bridgehead atoms. The van der Waals surface area contributed by atoms with E-state index in [1.807, 2.05) is 11.8 Å². The van der Waals surface area contributed by atoms with Crippen LogP contribution >= 0.6 is 11.8 Å². The van der Waals surface area contributed by atoms with Crippen molar-refractivity contribution in [3.8, 4) is 0 Å². The van der Waals surface area contributed by atoms with Gasteiger partial charge in [-0.3, -0.25) is 0 Å². The molecule has 0 N–H and O–H groups in total. The van der Waals surface area contributed by atoms with Gasteiger partial charge in [0, 0.05) is 9.79 Å². The number of allylic oxidation sites excluding steroid dienone is 1. The van der Waals surface area contributed by atoms with Crippen molar-refractivity contribution in [3.05, 3.63) is 59.7 Å². The number of benzene rings is 2. The molecule has 0 radical (unpaired) electrons. The molecule has 0 saturated carbocycles. The van der Waals surface area contributed by atoms with E-state index in [0.717, 1.165) is 0 Å². The molecule has 0 fully saturated rings. The van der Waals surface area contributed by atoms with E-state index in [0.29, 0.717) is 0 Å². The summed E-state index contributed by atoms with van der Waals surface area (Å²) in [4.78, 5) is 2.69. The molecule has 3 rings (SSSR count). The summed E-state index contributed by atoms with van der Waals surface area (Å²) in [5.41, 5.74) is 4.01. The summed E-state index contributed by atoms with van der Waals surface area (Å²) in [6, 6.07) is 17.2. The van der Waals surface area contributed by atoms with Gasteiger partial charge in [0.1, 0.15) is 0 Å². The lowest BCUT2D eigenvalue weighted by atomic mass is 10.0. The van der Waals surface area contributed by atoms with Crippen LogP contribution in [0.4, 0.5) is 0 Å². The first kappa shape index (κ1) is 9.73. The number of fused-ring (bicyclic) bond motifs is 2. The maximum absolute atomic E-state index is 2.27. The van der Waals surface area contributed by atoms with E-state index in [2.05, 4.69) is 61.5 Å². The van der Waals surface area contributed by atoms with Crippen LogP contribution in [0.2, 0.25) is 0 Å². The third-order valence-corrected chi connectivity index (χ3v) is 3.99. The van der Waals surface area contributed by atoms with Gasteiger partial charge < -0.3 is 0 Å². The Bertz CT molecular complexity index is 567. The lowest BCUT2D eigenvalue weighted by molar-refractivity contribution is 1.37. The van der Waals surface area contributed by atoms with Crippen LogP contribution in [0.15, 0.2) is 58.3 Å². The van der Waals surface area contributed by atoms with Crippen molar-refractivity contribution in [2.75, 3.05) is 0 Å². The lowest BCUT2D eigenvalue weighted by Crippen LogP contribution is -1.80. The van der Waals surface area contributed by atoms with Gasteiger partial charge in [0.25, 0.3) is 0 Å². The van der Waals surface area contributed by atoms with Gasteiger partial charge in [-0.2, -0.15) is 0 Å². The van der Waals surface area contributed by atoms with Crippen molar-refractivity contribution in [1.82, 2.24) is 0 Å². The fourth-order valence-electron chi connectivity index (χ4n) is 2.00. The summed E-state index contributed by atoms with van der Waals surface area (Å²) in [5.74, 6) is 0.